The molecule has 172 valence electrons. The van der Waals surface area contributed by atoms with E-state index in [1.165, 1.54) is 6.07 Å². The molecule has 0 radical (unpaired) electrons. The van der Waals surface area contributed by atoms with Gasteiger partial charge in [0.05, 0.1) is 24.4 Å². The second-order valence-electron chi connectivity index (χ2n) is 7.94. The summed E-state index contributed by atoms with van der Waals surface area (Å²) in [5.74, 6) is -0.319. The fourth-order valence-electron chi connectivity index (χ4n) is 3.90. The van der Waals surface area contributed by atoms with E-state index >= 15 is 0 Å². The highest BCUT2D eigenvalue weighted by atomic mass is 19.1. The van der Waals surface area contributed by atoms with E-state index in [1.807, 2.05) is 18.2 Å². The monoisotopic (exact) mass is 452 g/mol. The minimum atomic E-state index is -0.469. The molecule has 2 heterocycles. The van der Waals surface area contributed by atoms with Crippen LogP contribution in [0.3, 0.4) is 0 Å². The van der Waals surface area contributed by atoms with Crippen LogP contribution in [-0.4, -0.2) is 43.2 Å². The SMILES string of the molecule is COc1ccc2nccc(NC(=O)C3CCC(NC/C=C/c4cc(F)ccc4F)CN3)c2c1. The number of hydrogen-bond acceptors (Lipinski definition) is 5. The van der Waals surface area contributed by atoms with E-state index in [2.05, 4.69) is 20.9 Å². The van der Waals surface area contributed by atoms with Gasteiger partial charge in [-0.2, -0.15) is 0 Å². The van der Waals surface area contributed by atoms with E-state index < -0.39 is 11.6 Å². The van der Waals surface area contributed by atoms with Crippen LogP contribution in [0.4, 0.5) is 14.5 Å². The highest BCUT2D eigenvalue weighted by Crippen LogP contribution is 2.26. The molecule has 0 spiro atoms. The maximum absolute atomic E-state index is 13.7. The lowest BCUT2D eigenvalue weighted by molar-refractivity contribution is -0.118. The number of aromatic nitrogens is 1. The average molecular weight is 453 g/mol. The number of pyridine rings is 1. The summed E-state index contributed by atoms with van der Waals surface area (Å²) < 4.78 is 32.2. The molecule has 0 bridgehead atoms. The molecule has 2 atom stereocenters. The van der Waals surface area contributed by atoms with Crippen molar-refractivity contribution in [3.8, 4) is 5.75 Å². The zero-order valence-electron chi connectivity index (χ0n) is 18.3. The van der Waals surface area contributed by atoms with Crippen molar-refractivity contribution < 1.29 is 18.3 Å². The van der Waals surface area contributed by atoms with Crippen LogP contribution in [-0.2, 0) is 4.79 Å². The summed E-state index contributed by atoms with van der Waals surface area (Å²) >= 11 is 0. The van der Waals surface area contributed by atoms with E-state index in [9.17, 15) is 13.6 Å². The second kappa shape index (κ2) is 10.5. The lowest BCUT2D eigenvalue weighted by Crippen LogP contribution is -2.52. The number of fused-ring (bicyclic) bond motifs is 1. The summed E-state index contributed by atoms with van der Waals surface area (Å²) in [5, 5.41) is 10.5. The van der Waals surface area contributed by atoms with Crippen LogP contribution in [0.15, 0.2) is 54.7 Å². The lowest BCUT2D eigenvalue weighted by atomic mass is 10.00. The van der Waals surface area contributed by atoms with Gasteiger partial charge in [0, 0.05) is 36.3 Å². The molecule has 2 unspecified atom stereocenters. The Bertz CT molecular complexity index is 1160. The van der Waals surface area contributed by atoms with Crippen molar-refractivity contribution in [2.75, 3.05) is 25.5 Å². The van der Waals surface area contributed by atoms with Gasteiger partial charge in [0.15, 0.2) is 0 Å². The lowest BCUT2D eigenvalue weighted by Gasteiger charge is -2.29. The van der Waals surface area contributed by atoms with E-state index in [0.717, 1.165) is 29.5 Å². The predicted molar refractivity (Wildman–Crippen MR) is 125 cm³/mol. The van der Waals surface area contributed by atoms with Gasteiger partial charge in [-0.1, -0.05) is 12.2 Å². The molecule has 0 saturated carbocycles. The van der Waals surface area contributed by atoms with Gasteiger partial charge in [-0.15, -0.1) is 0 Å². The summed E-state index contributed by atoms with van der Waals surface area (Å²) in [5.41, 5.74) is 1.69. The van der Waals surface area contributed by atoms with E-state index in [0.29, 0.717) is 30.9 Å². The fraction of sp³-hybridized carbons (Fsp3) is 0.280. The van der Waals surface area contributed by atoms with Crippen LogP contribution in [0.2, 0.25) is 0 Å². The summed E-state index contributed by atoms with van der Waals surface area (Å²) in [6.45, 7) is 1.15. The summed E-state index contributed by atoms with van der Waals surface area (Å²) in [7, 11) is 1.60. The second-order valence-corrected chi connectivity index (χ2v) is 7.94. The number of methoxy groups -OCH3 is 1. The number of piperidine rings is 1. The van der Waals surface area contributed by atoms with Crippen LogP contribution in [0, 0.1) is 11.6 Å². The summed E-state index contributed by atoms with van der Waals surface area (Å²) in [6.07, 6.45) is 6.49. The van der Waals surface area contributed by atoms with Crippen LogP contribution < -0.4 is 20.7 Å². The zero-order valence-corrected chi connectivity index (χ0v) is 18.3. The van der Waals surface area contributed by atoms with Crippen molar-refractivity contribution in [3.63, 3.8) is 0 Å². The molecule has 1 fully saturated rings. The molecule has 1 saturated heterocycles. The third kappa shape index (κ3) is 5.71. The van der Waals surface area contributed by atoms with E-state index in [4.69, 9.17) is 4.74 Å². The Hall–Kier alpha value is -3.36. The van der Waals surface area contributed by atoms with Crippen LogP contribution >= 0.6 is 0 Å². The first-order chi connectivity index (χ1) is 16.0. The average Bonchev–Trinajstić information content (AvgIpc) is 2.84. The number of nitrogens with zero attached hydrogens (tertiary/aromatic N) is 1. The largest absolute Gasteiger partial charge is 0.497 e. The third-order valence-electron chi connectivity index (χ3n) is 5.72. The van der Waals surface area contributed by atoms with Crippen molar-refractivity contribution in [2.45, 2.75) is 24.9 Å². The van der Waals surface area contributed by atoms with Crippen molar-refractivity contribution in [3.05, 3.63) is 71.9 Å². The zero-order chi connectivity index (χ0) is 23.2. The molecule has 0 aliphatic carbocycles. The number of benzene rings is 2. The van der Waals surface area contributed by atoms with Gasteiger partial charge < -0.3 is 20.7 Å². The highest BCUT2D eigenvalue weighted by Gasteiger charge is 2.25. The topological polar surface area (TPSA) is 75.3 Å². The highest BCUT2D eigenvalue weighted by molar-refractivity contribution is 6.03. The first-order valence-corrected chi connectivity index (χ1v) is 10.9. The van der Waals surface area contributed by atoms with Crippen molar-refractivity contribution in [2.24, 2.45) is 0 Å². The molecule has 1 aliphatic heterocycles. The number of carbonyl (C=O) groups is 1. The van der Waals surface area contributed by atoms with E-state index in [1.54, 1.807) is 31.5 Å². The fourth-order valence-corrected chi connectivity index (χ4v) is 3.90. The van der Waals surface area contributed by atoms with Crippen molar-refractivity contribution >= 4 is 28.6 Å². The Morgan fingerprint density at radius 3 is 2.88 bits per heavy atom. The molecule has 2 aromatic carbocycles. The van der Waals surface area contributed by atoms with Gasteiger partial charge in [-0.3, -0.25) is 9.78 Å². The van der Waals surface area contributed by atoms with Crippen molar-refractivity contribution in [1.29, 1.82) is 0 Å². The van der Waals surface area contributed by atoms with Gasteiger partial charge in [0.25, 0.3) is 0 Å². The Labute approximate surface area is 191 Å². The smallest absolute Gasteiger partial charge is 0.241 e. The first kappa shape index (κ1) is 22.8. The Balaban J connectivity index is 1.28. The Morgan fingerprint density at radius 1 is 1.21 bits per heavy atom. The molecule has 6 nitrogen and oxygen atoms in total. The number of anilines is 1. The van der Waals surface area contributed by atoms with Gasteiger partial charge in [-0.25, -0.2) is 8.78 Å². The molecule has 1 aliphatic rings. The number of rotatable bonds is 7. The van der Waals surface area contributed by atoms with Gasteiger partial charge in [0.1, 0.15) is 17.4 Å². The molecule has 4 rings (SSSR count). The number of nitrogens with one attached hydrogen (secondary N) is 3. The minimum Gasteiger partial charge on any atom is -0.497 e. The molecule has 1 amide bonds. The molecule has 3 aromatic rings. The maximum Gasteiger partial charge on any atom is 0.241 e. The van der Waals surface area contributed by atoms with Gasteiger partial charge in [-0.05, 0) is 55.3 Å². The normalized spacial score (nSPS) is 18.5. The number of hydrogen-bond donors (Lipinski definition) is 3. The van der Waals surface area contributed by atoms with E-state index in [-0.39, 0.29) is 23.6 Å². The third-order valence-corrected chi connectivity index (χ3v) is 5.72. The Kier molecular flexibility index (Phi) is 7.26. The van der Waals surface area contributed by atoms with Gasteiger partial charge in [0.2, 0.25) is 5.91 Å². The molecule has 3 N–H and O–H groups in total. The number of ether oxygens (including phenoxy) is 1. The Morgan fingerprint density at radius 2 is 2.09 bits per heavy atom. The molecule has 1 aromatic heterocycles. The molecule has 8 heteroatoms. The standard InChI is InChI=1S/C25H26F2N4O2/c1-33-19-6-9-22-20(14-19)23(10-12-29-22)31-25(32)24-8-5-18(15-30-24)28-11-2-3-16-13-17(26)4-7-21(16)27/h2-4,6-7,9-10,12-14,18,24,28,30H,5,8,11,15H2,1H3,(H,29,31,32)/b3-2+. The first-order valence-electron chi connectivity index (χ1n) is 10.9. The predicted octanol–water partition coefficient (Wildman–Crippen LogP) is 3.88. The maximum atomic E-state index is 13.7. The number of carbonyl (C=O) groups excluding carboxylic acids is 1. The van der Waals surface area contributed by atoms with Gasteiger partial charge >= 0.3 is 0 Å². The van der Waals surface area contributed by atoms with Crippen LogP contribution in [0.5, 0.6) is 5.75 Å². The molecular formula is C25H26F2N4O2. The quantitative estimate of drug-likeness (QED) is 0.507. The summed E-state index contributed by atoms with van der Waals surface area (Å²) in [6, 6.07) is 10.6. The van der Waals surface area contributed by atoms with Crippen molar-refractivity contribution in [1.82, 2.24) is 15.6 Å². The number of halogens is 2. The molecule has 33 heavy (non-hydrogen) atoms. The van der Waals surface area contributed by atoms with Crippen LogP contribution in [0.1, 0.15) is 18.4 Å². The number of amides is 1. The molecular weight excluding hydrogens is 426 g/mol. The summed E-state index contributed by atoms with van der Waals surface area (Å²) in [4.78, 5) is 17.2. The minimum absolute atomic E-state index is 0.0924. The van der Waals surface area contributed by atoms with Crippen LogP contribution in [0.25, 0.3) is 17.0 Å².